The summed E-state index contributed by atoms with van der Waals surface area (Å²) in [6.45, 7) is 5.94. The zero-order chi connectivity index (χ0) is 11.7. The summed E-state index contributed by atoms with van der Waals surface area (Å²) in [6.07, 6.45) is 3.67. The number of hydrogen-bond donors (Lipinski definition) is 1. The quantitative estimate of drug-likeness (QED) is 0.861. The van der Waals surface area contributed by atoms with Crippen molar-refractivity contribution in [2.75, 3.05) is 5.32 Å². The molecule has 5 nitrogen and oxygen atoms in total. The first-order valence-electron chi connectivity index (χ1n) is 5.26. The maximum absolute atomic E-state index is 5.15. The first-order chi connectivity index (χ1) is 7.59. The van der Waals surface area contributed by atoms with E-state index in [2.05, 4.69) is 22.4 Å². The van der Waals surface area contributed by atoms with Gasteiger partial charge in [-0.05, 0) is 20.8 Å². The van der Waals surface area contributed by atoms with Gasteiger partial charge in [-0.1, -0.05) is 5.16 Å². The van der Waals surface area contributed by atoms with E-state index in [1.54, 1.807) is 6.20 Å². The van der Waals surface area contributed by atoms with Crippen LogP contribution in [0.5, 0.6) is 0 Å². The first kappa shape index (κ1) is 10.7. The third kappa shape index (κ3) is 1.80. The van der Waals surface area contributed by atoms with Crippen LogP contribution in [0, 0.1) is 13.8 Å². The Balaban J connectivity index is 2.21. The van der Waals surface area contributed by atoms with Gasteiger partial charge in [0, 0.05) is 25.0 Å². The summed E-state index contributed by atoms with van der Waals surface area (Å²) in [5.41, 5.74) is 2.02. The van der Waals surface area contributed by atoms with Crippen molar-refractivity contribution >= 4 is 5.95 Å². The molecule has 2 rings (SSSR count). The van der Waals surface area contributed by atoms with E-state index in [4.69, 9.17) is 4.52 Å². The van der Waals surface area contributed by atoms with Crippen molar-refractivity contribution in [1.29, 1.82) is 0 Å². The normalized spacial score (nSPS) is 12.8. The second kappa shape index (κ2) is 4.00. The van der Waals surface area contributed by atoms with Crippen molar-refractivity contribution < 1.29 is 4.52 Å². The highest BCUT2D eigenvalue weighted by molar-refractivity contribution is 5.34. The predicted octanol–water partition coefficient (Wildman–Crippen LogP) is 2.20. The molecule has 2 heterocycles. The van der Waals surface area contributed by atoms with Crippen LogP contribution in [0.2, 0.25) is 0 Å². The van der Waals surface area contributed by atoms with E-state index in [-0.39, 0.29) is 6.04 Å². The molecular formula is C11H16N4O. The van der Waals surface area contributed by atoms with Crippen molar-refractivity contribution in [2.24, 2.45) is 7.05 Å². The third-order valence-electron chi connectivity index (χ3n) is 2.69. The molecule has 2 aromatic rings. The summed E-state index contributed by atoms with van der Waals surface area (Å²) in [5, 5.41) is 7.27. The number of anilines is 1. The number of nitrogens with zero attached hydrogens (tertiary/aromatic N) is 3. The van der Waals surface area contributed by atoms with E-state index in [0.29, 0.717) is 0 Å². The summed E-state index contributed by atoms with van der Waals surface area (Å²) in [6, 6.07) is 0.132. The Bertz CT molecular complexity index is 466. The molecule has 1 unspecified atom stereocenters. The average Bonchev–Trinajstić information content (AvgIpc) is 2.75. The first-order valence-corrected chi connectivity index (χ1v) is 5.26. The minimum atomic E-state index is 0.132. The Morgan fingerprint density at radius 3 is 2.69 bits per heavy atom. The fourth-order valence-corrected chi connectivity index (χ4v) is 1.88. The fourth-order valence-electron chi connectivity index (χ4n) is 1.88. The largest absolute Gasteiger partial charge is 0.361 e. The highest BCUT2D eigenvalue weighted by atomic mass is 16.5. The van der Waals surface area contributed by atoms with Crippen LogP contribution in [0.4, 0.5) is 5.95 Å². The Morgan fingerprint density at radius 1 is 1.44 bits per heavy atom. The molecule has 1 N–H and O–H groups in total. The number of rotatable bonds is 3. The fraction of sp³-hybridized carbons (Fsp3) is 0.455. The van der Waals surface area contributed by atoms with Gasteiger partial charge in [0.05, 0.1) is 11.7 Å². The second-order valence-corrected chi connectivity index (χ2v) is 3.97. The molecule has 0 bridgehead atoms. The smallest absolute Gasteiger partial charge is 0.202 e. The van der Waals surface area contributed by atoms with Gasteiger partial charge in [0.15, 0.2) is 0 Å². The molecule has 0 saturated carbocycles. The van der Waals surface area contributed by atoms with Crippen molar-refractivity contribution in [3.8, 4) is 0 Å². The Labute approximate surface area is 94.5 Å². The molecule has 0 radical (unpaired) electrons. The number of imidazole rings is 1. The average molecular weight is 220 g/mol. The molecule has 5 heteroatoms. The zero-order valence-electron chi connectivity index (χ0n) is 9.98. The molecule has 0 saturated heterocycles. The van der Waals surface area contributed by atoms with Crippen molar-refractivity contribution in [3.05, 3.63) is 29.4 Å². The van der Waals surface area contributed by atoms with Crippen LogP contribution in [0.25, 0.3) is 0 Å². The number of aryl methyl sites for hydroxylation is 3. The van der Waals surface area contributed by atoms with Crippen LogP contribution >= 0.6 is 0 Å². The Morgan fingerprint density at radius 2 is 2.19 bits per heavy atom. The number of aromatic nitrogens is 3. The van der Waals surface area contributed by atoms with E-state index < -0.39 is 0 Å². The molecule has 2 aromatic heterocycles. The highest BCUT2D eigenvalue weighted by Gasteiger charge is 2.17. The van der Waals surface area contributed by atoms with Gasteiger partial charge in [0.2, 0.25) is 5.95 Å². The van der Waals surface area contributed by atoms with Crippen LogP contribution in [0.1, 0.15) is 30.0 Å². The monoisotopic (exact) mass is 220 g/mol. The van der Waals surface area contributed by atoms with Gasteiger partial charge in [-0.15, -0.1) is 0 Å². The van der Waals surface area contributed by atoms with E-state index in [9.17, 15) is 0 Å². The van der Waals surface area contributed by atoms with Crippen LogP contribution in [-0.4, -0.2) is 14.7 Å². The van der Waals surface area contributed by atoms with E-state index in [1.807, 2.05) is 31.7 Å². The molecule has 0 spiro atoms. The van der Waals surface area contributed by atoms with Crippen LogP contribution < -0.4 is 5.32 Å². The van der Waals surface area contributed by atoms with Gasteiger partial charge in [0.25, 0.3) is 0 Å². The molecule has 0 aliphatic heterocycles. The number of nitrogens with one attached hydrogen (secondary N) is 1. The third-order valence-corrected chi connectivity index (χ3v) is 2.69. The lowest BCUT2D eigenvalue weighted by molar-refractivity contribution is 0.392. The highest BCUT2D eigenvalue weighted by Crippen LogP contribution is 2.23. The Hall–Kier alpha value is -1.78. The molecule has 0 amide bonds. The summed E-state index contributed by atoms with van der Waals surface area (Å²) in [4.78, 5) is 4.23. The summed E-state index contributed by atoms with van der Waals surface area (Å²) < 4.78 is 7.09. The zero-order valence-corrected chi connectivity index (χ0v) is 9.98. The summed E-state index contributed by atoms with van der Waals surface area (Å²) in [7, 11) is 1.95. The molecule has 86 valence electrons. The minimum Gasteiger partial charge on any atom is -0.361 e. The van der Waals surface area contributed by atoms with E-state index >= 15 is 0 Å². The SMILES string of the molecule is Cc1noc(C)c1C(C)Nc1nccn1C. The van der Waals surface area contributed by atoms with Gasteiger partial charge in [-0.2, -0.15) is 0 Å². The van der Waals surface area contributed by atoms with Gasteiger partial charge in [-0.3, -0.25) is 0 Å². The summed E-state index contributed by atoms with van der Waals surface area (Å²) >= 11 is 0. The summed E-state index contributed by atoms with van der Waals surface area (Å²) in [5.74, 6) is 1.69. The molecule has 1 atom stereocenters. The van der Waals surface area contributed by atoms with Gasteiger partial charge in [0.1, 0.15) is 5.76 Å². The van der Waals surface area contributed by atoms with E-state index in [1.165, 1.54) is 0 Å². The molecule has 0 aromatic carbocycles. The standard InChI is InChI=1S/C11H16N4O/c1-7(10-8(2)14-16-9(10)3)13-11-12-5-6-15(11)4/h5-7H,1-4H3,(H,12,13). The molecule has 16 heavy (non-hydrogen) atoms. The molecule has 0 aliphatic rings. The van der Waals surface area contributed by atoms with Crippen LogP contribution in [-0.2, 0) is 7.05 Å². The van der Waals surface area contributed by atoms with Gasteiger partial charge >= 0.3 is 0 Å². The van der Waals surface area contributed by atoms with Crippen molar-refractivity contribution in [3.63, 3.8) is 0 Å². The van der Waals surface area contributed by atoms with Gasteiger partial charge in [-0.25, -0.2) is 4.98 Å². The Kier molecular flexibility index (Phi) is 2.68. The van der Waals surface area contributed by atoms with Crippen molar-refractivity contribution in [1.82, 2.24) is 14.7 Å². The molecule has 0 aliphatic carbocycles. The predicted molar refractivity (Wildman–Crippen MR) is 61.2 cm³/mol. The van der Waals surface area contributed by atoms with Crippen molar-refractivity contribution in [2.45, 2.75) is 26.8 Å². The molecular weight excluding hydrogens is 204 g/mol. The maximum atomic E-state index is 5.15. The topological polar surface area (TPSA) is 55.9 Å². The van der Waals surface area contributed by atoms with Crippen LogP contribution in [0.15, 0.2) is 16.9 Å². The minimum absolute atomic E-state index is 0.132. The second-order valence-electron chi connectivity index (χ2n) is 3.97. The lowest BCUT2D eigenvalue weighted by atomic mass is 10.1. The van der Waals surface area contributed by atoms with Gasteiger partial charge < -0.3 is 14.4 Å². The molecule has 0 fully saturated rings. The lowest BCUT2D eigenvalue weighted by Gasteiger charge is -2.14. The van der Waals surface area contributed by atoms with Crippen LogP contribution in [0.3, 0.4) is 0 Å². The lowest BCUT2D eigenvalue weighted by Crippen LogP contribution is -2.11. The number of hydrogen-bond acceptors (Lipinski definition) is 4. The van der Waals surface area contributed by atoms with E-state index in [0.717, 1.165) is 23.0 Å². The maximum Gasteiger partial charge on any atom is 0.202 e.